The first-order valence-corrected chi connectivity index (χ1v) is 15.5. The smallest absolute Gasteiger partial charge is 0.306 e. The van der Waals surface area contributed by atoms with E-state index in [4.69, 9.17) is 0 Å². The normalized spacial score (nSPS) is 17.6. The highest BCUT2D eigenvalue weighted by Gasteiger charge is 2.41. The molecule has 0 saturated carbocycles. The number of benzene rings is 1. The summed E-state index contributed by atoms with van der Waals surface area (Å²) >= 11 is 1.79. The van der Waals surface area contributed by atoms with Crippen LogP contribution < -0.4 is 3.71 Å². The topological polar surface area (TPSA) is 74.8 Å². The average molecular weight is 579 g/mol. The number of halogens is 3. The molecule has 1 aliphatic rings. The van der Waals surface area contributed by atoms with Gasteiger partial charge in [-0.05, 0) is 94.2 Å². The Morgan fingerprint density at radius 3 is 1.92 bits per heavy atom. The molecular formula is C23H25F3N2O4S4. The molecule has 2 aromatic heterocycles. The fraction of sp³-hybridized carbons (Fsp3) is 0.391. The highest BCUT2D eigenvalue weighted by Crippen LogP contribution is 2.40. The Labute approximate surface area is 217 Å². The summed E-state index contributed by atoms with van der Waals surface area (Å²) in [4.78, 5) is 3.31. The molecule has 0 N–H and O–H groups in total. The van der Waals surface area contributed by atoms with Gasteiger partial charge in [0.1, 0.15) is 8.42 Å². The quantitative estimate of drug-likeness (QED) is 0.369. The van der Waals surface area contributed by atoms with E-state index in [1.54, 1.807) is 26.0 Å². The van der Waals surface area contributed by atoms with E-state index >= 15 is 0 Å². The van der Waals surface area contributed by atoms with Crippen molar-refractivity contribution in [2.75, 3.05) is 23.8 Å². The van der Waals surface area contributed by atoms with Crippen molar-refractivity contribution in [2.45, 2.75) is 41.3 Å². The Balaban J connectivity index is 1.91. The molecule has 0 radical (unpaired) electrons. The van der Waals surface area contributed by atoms with Gasteiger partial charge >= 0.3 is 6.18 Å². The summed E-state index contributed by atoms with van der Waals surface area (Å²) in [7, 11) is -7.42. The minimum absolute atomic E-state index is 0.0528. The maximum atomic E-state index is 13.9. The van der Waals surface area contributed by atoms with Crippen LogP contribution in [0.1, 0.15) is 27.3 Å². The third kappa shape index (κ3) is 5.35. The van der Waals surface area contributed by atoms with Crippen molar-refractivity contribution in [3.8, 4) is 0 Å². The Hall–Kier alpha value is -1.93. The average Bonchev–Trinajstić information content (AvgIpc) is 3.49. The van der Waals surface area contributed by atoms with Crippen LogP contribution in [0.4, 0.5) is 18.9 Å². The minimum atomic E-state index is -4.67. The SMILES string of the molecule is Cc1ccc(S(=O)(=O)N(c2ccc(C(F)(F)F)c(C[C@@H]3CCN(C)C3)c2)S(=O)(=O)c2ccc(C)s2)s1. The molecule has 1 aliphatic heterocycles. The van der Waals surface area contributed by atoms with Crippen LogP contribution in [0, 0.1) is 19.8 Å². The van der Waals surface area contributed by atoms with Gasteiger partial charge in [-0.3, -0.25) is 0 Å². The third-order valence-electron chi connectivity index (χ3n) is 5.98. The molecule has 1 fully saturated rings. The number of thiophene rings is 2. The molecule has 0 spiro atoms. The summed E-state index contributed by atoms with van der Waals surface area (Å²) in [5.41, 5.74) is -1.36. The van der Waals surface area contributed by atoms with E-state index in [-0.39, 0.29) is 35.7 Å². The van der Waals surface area contributed by atoms with E-state index in [1.807, 2.05) is 11.9 Å². The van der Waals surface area contributed by atoms with E-state index in [1.165, 1.54) is 12.1 Å². The van der Waals surface area contributed by atoms with Crippen molar-refractivity contribution >= 4 is 48.4 Å². The van der Waals surface area contributed by atoms with Gasteiger partial charge in [-0.2, -0.15) is 33.7 Å². The molecule has 1 aromatic carbocycles. The number of hydrogen-bond acceptors (Lipinski definition) is 7. The summed E-state index contributed by atoms with van der Waals surface area (Å²) in [6.07, 6.45) is -3.92. The number of rotatable bonds is 7. The standard InChI is InChI=1S/C23H25F3N2O4S4/c1-15-4-8-21(33-15)35(29,30)28(36(31,32)22-9-5-16(2)34-22)19-6-7-20(23(24,25)26)18(13-19)12-17-10-11-27(3)14-17/h4-9,13,17H,10-12,14H2,1-3H3/t17-/m0/s1. The molecular weight excluding hydrogens is 554 g/mol. The highest BCUT2D eigenvalue weighted by molar-refractivity contribution is 8.11. The van der Waals surface area contributed by atoms with Crippen LogP contribution in [0.2, 0.25) is 0 Å². The number of likely N-dealkylation sites (tertiary alicyclic amines) is 1. The summed E-state index contributed by atoms with van der Waals surface area (Å²) in [5, 5.41) is 0. The lowest BCUT2D eigenvalue weighted by atomic mass is 9.94. The van der Waals surface area contributed by atoms with Crippen LogP contribution in [0.25, 0.3) is 0 Å². The van der Waals surface area contributed by atoms with E-state index in [0.29, 0.717) is 22.7 Å². The lowest BCUT2D eigenvalue weighted by Crippen LogP contribution is -2.36. The largest absolute Gasteiger partial charge is 0.416 e. The van der Waals surface area contributed by atoms with Gasteiger partial charge in [-0.25, -0.2) is 0 Å². The number of anilines is 1. The Kier molecular flexibility index (Phi) is 7.34. The van der Waals surface area contributed by atoms with Gasteiger partial charge in [0, 0.05) is 16.3 Å². The number of aryl methyl sites for hydroxylation is 2. The van der Waals surface area contributed by atoms with Gasteiger partial charge in [0.05, 0.1) is 11.3 Å². The van der Waals surface area contributed by atoms with Gasteiger partial charge in [-0.15, -0.1) is 22.7 Å². The zero-order chi connectivity index (χ0) is 26.5. The van der Waals surface area contributed by atoms with Crippen molar-refractivity contribution in [1.29, 1.82) is 0 Å². The number of hydrogen-bond donors (Lipinski definition) is 0. The van der Waals surface area contributed by atoms with E-state index in [0.717, 1.165) is 47.4 Å². The van der Waals surface area contributed by atoms with Crippen molar-refractivity contribution < 1.29 is 30.0 Å². The van der Waals surface area contributed by atoms with Gasteiger partial charge in [-0.1, -0.05) is 0 Å². The van der Waals surface area contributed by atoms with E-state index in [9.17, 15) is 30.0 Å². The third-order valence-corrected chi connectivity index (χ3v) is 13.1. The van der Waals surface area contributed by atoms with Gasteiger partial charge in [0.25, 0.3) is 20.0 Å². The Morgan fingerprint density at radius 1 is 0.944 bits per heavy atom. The monoisotopic (exact) mass is 578 g/mol. The maximum absolute atomic E-state index is 13.9. The van der Waals surface area contributed by atoms with Gasteiger partial charge < -0.3 is 4.90 Å². The number of nitrogens with zero attached hydrogens (tertiary/aromatic N) is 2. The highest BCUT2D eigenvalue weighted by atomic mass is 32.3. The molecule has 4 rings (SSSR count). The molecule has 0 unspecified atom stereocenters. The number of sulfonamides is 2. The second-order valence-electron chi connectivity index (χ2n) is 8.90. The summed E-state index contributed by atoms with van der Waals surface area (Å²) in [5.74, 6) is -0.0621. The molecule has 0 amide bonds. The van der Waals surface area contributed by atoms with Crippen LogP contribution >= 0.6 is 22.7 Å². The van der Waals surface area contributed by atoms with Crippen molar-refractivity contribution in [2.24, 2.45) is 5.92 Å². The van der Waals surface area contributed by atoms with Crippen LogP contribution in [-0.2, 0) is 32.6 Å². The van der Waals surface area contributed by atoms with Crippen LogP contribution in [0.5, 0.6) is 0 Å². The molecule has 13 heteroatoms. The molecule has 36 heavy (non-hydrogen) atoms. The molecule has 3 heterocycles. The maximum Gasteiger partial charge on any atom is 0.416 e. The zero-order valence-corrected chi connectivity index (χ0v) is 23.0. The molecule has 3 aromatic rings. The van der Waals surface area contributed by atoms with E-state index in [2.05, 4.69) is 0 Å². The minimum Gasteiger partial charge on any atom is -0.306 e. The molecule has 6 nitrogen and oxygen atoms in total. The second-order valence-corrected chi connectivity index (χ2v) is 15.7. The summed E-state index contributed by atoms with van der Waals surface area (Å²) < 4.78 is 96.2. The van der Waals surface area contributed by atoms with Crippen molar-refractivity contribution in [1.82, 2.24) is 4.90 Å². The zero-order valence-electron chi connectivity index (χ0n) is 19.7. The van der Waals surface area contributed by atoms with Gasteiger partial charge in [0.2, 0.25) is 0 Å². The lowest BCUT2D eigenvalue weighted by Gasteiger charge is -2.25. The summed E-state index contributed by atoms with van der Waals surface area (Å²) in [6.45, 7) is 4.71. The van der Waals surface area contributed by atoms with Crippen molar-refractivity contribution in [3.63, 3.8) is 0 Å². The molecule has 196 valence electrons. The fourth-order valence-electron chi connectivity index (χ4n) is 4.31. The molecule has 1 saturated heterocycles. The van der Waals surface area contributed by atoms with E-state index < -0.39 is 31.8 Å². The second kappa shape index (κ2) is 9.75. The van der Waals surface area contributed by atoms with Crippen LogP contribution in [0.3, 0.4) is 0 Å². The first kappa shape index (κ1) is 27.1. The Morgan fingerprint density at radius 2 is 1.50 bits per heavy atom. The van der Waals surface area contributed by atoms with Crippen LogP contribution in [-0.4, -0.2) is 41.9 Å². The van der Waals surface area contributed by atoms with Crippen molar-refractivity contribution in [3.05, 3.63) is 63.3 Å². The Bertz CT molecular complexity index is 1410. The lowest BCUT2D eigenvalue weighted by molar-refractivity contribution is -0.138. The van der Waals surface area contributed by atoms with Gasteiger partial charge in [0.15, 0.2) is 0 Å². The molecule has 0 bridgehead atoms. The predicted molar refractivity (Wildman–Crippen MR) is 136 cm³/mol. The summed E-state index contributed by atoms with van der Waals surface area (Å²) in [6, 6.07) is 8.47. The predicted octanol–water partition coefficient (Wildman–Crippen LogP) is 5.52. The number of alkyl halides is 3. The molecule has 0 aliphatic carbocycles. The first-order valence-electron chi connectivity index (χ1n) is 11.0. The van der Waals surface area contributed by atoms with Crippen LogP contribution in [0.15, 0.2) is 50.9 Å². The fourth-order valence-corrected chi connectivity index (χ4v) is 11.0. The molecule has 1 atom stereocenters. The first-order chi connectivity index (χ1) is 16.7.